The van der Waals surface area contributed by atoms with Crippen molar-refractivity contribution in [3.8, 4) is 0 Å². The van der Waals surface area contributed by atoms with Gasteiger partial charge in [0.2, 0.25) is 0 Å². The van der Waals surface area contributed by atoms with E-state index in [0.717, 1.165) is 32.7 Å². The molecule has 9 aromatic rings. The normalized spacial score (nSPS) is 12.6. The van der Waals surface area contributed by atoms with Crippen molar-refractivity contribution in [3.05, 3.63) is 120 Å². The molecule has 0 fully saturated rings. The second kappa shape index (κ2) is 6.27. The number of hydrogen-bond acceptors (Lipinski definition) is 1. The summed E-state index contributed by atoms with van der Waals surface area (Å²) in [4.78, 5) is 14.3. The van der Waals surface area contributed by atoms with Gasteiger partial charge in [0.15, 0.2) is 5.78 Å². The lowest BCUT2D eigenvalue weighted by Crippen LogP contribution is -2.04. The first-order valence-corrected chi connectivity index (χ1v) is 12.4. The van der Waals surface area contributed by atoms with E-state index in [1.54, 1.807) is 0 Å². The molecule has 1 heteroatoms. The maximum absolute atomic E-state index is 14.3. The summed E-state index contributed by atoms with van der Waals surface area (Å²) in [6, 6.07) is 38.5. The summed E-state index contributed by atoms with van der Waals surface area (Å²) in [5.74, 6) is 0.0809. The first-order chi connectivity index (χ1) is 17.8. The molecular weight excluding hydrogens is 436 g/mol. The minimum absolute atomic E-state index is 0.0809. The van der Waals surface area contributed by atoms with Crippen LogP contribution in [0.25, 0.3) is 75.4 Å². The van der Waals surface area contributed by atoms with Crippen LogP contribution < -0.4 is 0 Å². The van der Waals surface area contributed by atoms with Gasteiger partial charge in [-0.3, -0.25) is 4.79 Å². The largest absolute Gasteiger partial charge is 0.289 e. The average Bonchev–Trinajstić information content (AvgIpc) is 2.94. The molecule has 0 aliphatic rings. The van der Waals surface area contributed by atoms with E-state index in [-0.39, 0.29) is 5.78 Å². The maximum atomic E-state index is 14.3. The van der Waals surface area contributed by atoms with Crippen molar-refractivity contribution in [1.82, 2.24) is 0 Å². The van der Waals surface area contributed by atoms with Crippen LogP contribution in [0.2, 0.25) is 0 Å². The standard InChI is InChI=1S/C35H18O/c36-35(27-7-3-5-19-4-1-2-6-25(19)27)28-18-24-15-14-22-11-9-20-8-10-21-12-13-23-16-17-26(28)34-32(23)30(21)29(20)31(22)33(24)34/h1-18H. The number of hydrogen-bond donors (Lipinski definition) is 0. The zero-order chi connectivity index (χ0) is 23.5. The highest BCUT2D eigenvalue weighted by atomic mass is 16.1. The highest BCUT2D eigenvalue weighted by Crippen LogP contribution is 2.49. The van der Waals surface area contributed by atoms with Crippen LogP contribution in [0.5, 0.6) is 0 Å². The van der Waals surface area contributed by atoms with Crippen molar-refractivity contribution < 1.29 is 4.79 Å². The molecule has 0 amide bonds. The van der Waals surface area contributed by atoms with Gasteiger partial charge in [-0.2, -0.15) is 0 Å². The van der Waals surface area contributed by atoms with Crippen molar-refractivity contribution >= 4 is 81.2 Å². The lowest BCUT2D eigenvalue weighted by Gasteiger charge is -2.21. The van der Waals surface area contributed by atoms with Gasteiger partial charge >= 0.3 is 0 Å². The fraction of sp³-hybridized carbons (Fsp3) is 0. The smallest absolute Gasteiger partial charge is 0.194 e. The molecule has 0 aromatic heterocycles. The minimum atomic E-state index is 0.0809. The van der Waals surface area contributed by atoms with Crippen LogP contribution in [0.3, 0.4) is 0 Å². The van der Waals surface area contributed by atoms with Gasteiger partial charge in [-0.15, -0.1) is 0 Å². The molecule has 0 bridgehead atoms. The van der Waals surface area contributed by atoms with E-state index in [0.29, 0.717) is 0 Å². The molecule has 36 heavy (non-hydrogen) atoms. The van der Waals surface area contributed by atoms with Gasteiger partial charge in [0.25, 0.3) is 0 Å². The third-order valence-electron chi connectivity index (χ3n) is 8.28. The van der Waals surface area contributed by atoms with Crippen LogP contribution in [0, 0.1) is 0 Å². The van der Waals surface area contributed by atoms with Crippen LogP contribution in [0.1, 0.15) is 15.9 Å². The van der Waals surface area contributed by atoms with E-state index in [4.69, 9.17) is 0 Å². The van der Waals surface area contributed by atoms with Gasteiger partial charge in [-0.1, -0.05) is 103 Å². The molecule has 0 aliphatic carbocycles. The second-order valence-electron chi connectivity index (χ2n) is 10.0. The topological polar surface area (TPSA) is 17.1 Å². The third kappa shape index (κ3) is 2.11. The molecule has 0 atom stereocenters. The predicted molar refractivity (Wildman–Crippen MR) is 152 cm³/mol. The van der Waals surface area contributed by atoms with Gasteiger partial charge in [-0.05, 0) is 81.5 Å². The van der Waals surface area contributed by atoms with Gasteiger partial charge < -0.3 is 0 Å². The molecule has 0 aliphatic heterocycles. The number of rotatable bonds is 2. The Morgan fingerprint density at radius 3 is 1.53 bits per heavy atom. The van der Waals surface area contributed by atoms with Crippen molar-refractivity contribution in [1.29, 1.82) is 0 Å². The van der Waals surface area contributed by atoms with Crippen LogP contribution in [-0.4, -0.2) is 5.78 Å². The average molecular weight is 455 g/mol. The Bertz CT molecular complexity index is 2260. The molecular formula is C35H18O. The van der Waals surface area contributed by atoms with Crippen LogP contribution in [0.15, 0.2) is 109 Å². The monoisotopic (exact) mass is 454 g/mol. The number of carbonyl (C=O) groups is 1. The minimum Gasteiger partial charge on any atom is -0.289 e. The molecule has 0 saturated carbocycles. The van der Waals surface area contributed by atoms with Crippen molar-refractivity contribution in [2.45, 2.75) is 0 Å². The molecule has 9 aromatic carbocycles. The summed E-state index contributed by atoms with van der Waals surface area (Å²) in [5.41, 5.74) is 1.53. The second-order valence-corrected chi connectivity index (χ2v) is 10.0. The van der Waals surface area contributed by atoms with E-state index in [1.807, 2.05) is 30.3 Å². The Morgan fingerprint density at radius 1 is 0.361 bits per heavy atom. The molecule has 1 nitrogen and oxygen atoms in total. The molecule has 9 rings (SSSR count). The van der Waals surface area contributed by atoms with E-state index in [9.17, 15) is 4.79 Å². The van der Waals surface area contributed by atoms with Crippen LogP contribution >= 0.6 is 0 Å². The maximum Gasteiger partial charge on any atom is 0.194 e. The lowest BCUT2D eigenvalue weighted by atomic mass is 9.81. The zero-order valence-corrected chi connectivity index (χ0v) is 19.3. The summed E-state index contributed by atoms with van der Waals surface area (Å²) in [7, 11) is 0. The number of carbonyl (C=O) groups excluding carboxylic acids is 1. The quantitative estimate of drug-likeness (QED) is 0.144. The Kier molecular flexibility index (Phi) is 3.23. The van der Waals surface area contributed by atoms with E-state index >= 15 is 0 Å². The molecule has 164 valence electrons. The highest BCUT2D eigenvalue weighted by Gasteiger charge is 2.24. The number of benzene rings is 9. The van der Waals surface area contributed by atoms with Crippen molar-refractivity contribution in [3.63, 3.8) is 0 Å². The SMILES string of the molecule is O=C(c1cccc2ccccc12)c1cc2ccc3ccc4ccc5ccc6ccc1c1c6c5c4c3c21. The highest BCUT2D eigenvalue weighted by molar-refractivity contribution is 6.45. The number of ketones is 1. The molecule has 0 unspecified atom stereocenters. The van der Waals surface area contributed by atoms with Gasteiger partial charge in [0, 0.05) is 11.1 Å². The molecule has 0 radical (unpaired) electrons. The molecule has 0 N–H and O–H groups in total. The Balaban J connectivity index is 1.52. The van der Waals surface area contributed by atoms with Crippen molar-refractivity contribution in [2.75, 3.05) is 0 Å². The summed E-state index contributed by atoms with van der Waals surface area (Å²) in [6.45, 7) is 0. The molecule has 0 heterocycles. The first kappa shape index (κ1) is 18.6. The van der Waals surface area contributed by atoms with Crippen LogP contribution in [0.4, 0.5) is 0 Å². The van der Waals surface area contributed by atoms with E-state index in [2.05, 4.69) is 78.9 Å². The summed E-state index contributed by atoms with van der Waals surface area (Å²) in [5, 5.41) is 17.0. The molecule has 0 saturated heterocycles. The van der Waals surface area contributed by atoms with E-state index < -0.39 is 0 Å². The number of fused-ring (bicyclic) bond motifs is 1. The van der Waals surface area contributed by atoms with Crippen molar-refractivity contribution in [2.24, 2.45) is 0 Å². The fourth-order valence-electron chi connectivity index (χ4n) is 6.74. The molecule has 0 spiro atoms. The Hall–Kier alpha value is -4.75. The summed E-state index contributed by atoms with van der Waals surface area (Å²) >= 11 is 0. The van der Waals surface area contributed by atoms with Gasteiger partial charge in [0.05, 0.1) is 0 Å². The summed E-state index contributed by atoms with van der Waals surface area (Å²) < 4.78 is 0. The van der Waals surface area contributed by atoms with E-state index in [1.165, 1.54) is 53.9 Å². The lowest BCUT2D eigenvalue weighted by molar-refractivity contribution is 0.104. The van der Waals surface area contributed by atoms with Gasteiger partial charge in [-0.25, -0.2) is 0 Å². The Morgan fingerprint density at radius 2 is 0.861 bits per heavy atom. The third-order valence-corrected chi connectivity index (χ3v) is 8.28. The predicted octanol–water partition coefficient (Wildman–Crippen LogP) is 9.30. The fourth-order valence-corrected chi connectivity index (χ4v) is 6.74. The first-order valence-electron chi connectivity index (χ1n) is 12.4. The van der Waals surface area contributed by atoms with Gasteiger partial charge in [0.1, 0.15) is 0 Å². The Labute approximate surface area is 206 Å². The zero-order valence-electron chi connectivity index (χ0n) is 19.3. The van der Waals surface area contributed by atoms with Crippen LogP contribution in [-0.2, 0) is 0 Å². The summed E-state index contributed by atoms with van der Waals surface area (Å²) in [6.07, 6.45) is 0.